The van der Waals surface area contributed by atoms with E-state index < -0.39 is 0 Å². The molecule has 1 aromatic carbocycles. The summed E-state index contributed by atoms with van der Waals surface area (Å²) in [5, 5.41) is 8.53. The van der Waals surface area contributed by atoms with Crippen molar-refractivity contribution in [3.8, 4) is 5.75 Å². The fraction of sp³-hybridized carbons (Fsp3) is 0.455. The number of aliphatic hydroxyl groups excluding tert-OH is 1. The average molecular weight is 243 g/mol. The Labute approximate surface area is 99.7 Å². The molecule has 5 heteroatoms. The van der Waals surface area contributed by atoms with Crippen LogP contribution in [0, 0.1) is 0 Å². The highest BCUT2D eigenvalue weighted by Gasteiger charge is 2.03. The largest absolute Gasteiger partial charge is 0.496 e. The van der Waals surface area contributed by atoms with Crippen molar-refractivity contribution < 1.29 is 14.6 Å². The molecule has 0 atom stereocenters. The average Bonchev–Trinajstić information content (AvgIpc) is 2.30. The van der Waals surface area contributed by atoms with Crippen LogP contribution in [-0.2, 0) is 4.74 Å². The van der Waals surface area contributed by atoms with E-state index >= 15 is 0 Å². The Bertz CT molecular complexity index is 320. The van der Waals surface area contributed by atoms with E-state index in [0.29, 0.717) is 18.9 Å². The highest BCUT2D eigenvalue weighted by Crippen LogP contribution is 2.30. The minimum atomic E-state index is 0.0653. The van der Waals surface area contributed by atoms with Crippen LogP contribution in [0.1, 0.15) is 0 Å². The number of anilines is 1. The van der Waals surface area contributed by atoms with Crippen molar-refractivity contribution >= 4 is 17.4 Å². The molecule has 0 radical (unpaired) electrons. The van der Waals surface area contributed by atoms with Gasteiger partial charge in [-0.05, 0) is 12.1 Å². The summed E-state index contributed by atoms with van der Waals surface area (Å²) in [5.74, 6) is 1.60. The Morgan fingerprint density at radius 1 is 1.38 bits per heavy atom. The molecule has 0 aromatic heterocycles. The zero-order valence-electron chi connectivity index (χ0n) is 9.31. The smallest absolute Gasteiger partial charge is 0.134 e. The van der Waals surface area contributed by atoms with Gasteiger partial charge in [-0.1, -0.05) is 0 Å². The SMILES string of the molecule is COc1cc(N)ccc1SCCOCCO. The molecule has 3 N–H and O–H groups in total. The third-order valence-electron chi connectivity index (χ3n) is 1.91. The van der Waals surface area contributed by atoms with Crippen LogP contribution in [0.2, 0.25) is 0 Å². The number of aliphatic hydroxyl groups is 1. The predicted octanol–water partition coefficient (Wildman–Crippen LogP) is 1.38. The molecule has 0 heterocycles. The lowest BCUT2D eigenvalue weighted by molar-refractivity contribution is 0.103. The lowest BCUT2D eigenvalue weighted by Crippen LogP contribution is -2.02. The molecule has 90 valence electrons. The highest BCUT2D eigenvalue weighted by molar-refractivity contribution is 7.99. The molecule has 0 saturated carbocycles. The van der Waals surface area contributed by atoms with Gasteiger partial charge in [-0.3, -0.25) is 0 Å². The lowest BCUT2D eigenvalue weighted by atomic mass is 10.3. The zero-order chi connectivity index (χ0) is 11.8. The third kappa shape index (κ3) is 4.30. The van der Waals surface area contributed by atoms with Gasteiger partial charge in [0.25, 0.3) is 0 Å². The van der Waals surface area contributed by atoms with Crippen LogP contribution >= 0.6 is 11.8 Å². The molecule has 0 aliphatic carbocycles. The third-order valence-corrected chi connectivity index (χ3v) is 2.93. The molecule has 0 unspecified atom stereocenters. The molecule has 0 aliphatic heterocycles. The number of rotatable bonds is 7. The van der Waals surface area contributed by atoms with Gasteiger partial charge >= 0.3 is 0 Å². The molecule has 0 aliphatic rings. The van der Waals surface area contributed by atoms with Crippen LogP contribution in [-0.4, -0.2) is 37.8 Å². The summed E-state index contributed by atoms with van der Waals surface area (Å²) in [6, 6.07) is 5.58. The Morgan fingerprint density at radius 3 is 2.88 bits per heavy atom. The van der Waals surface area contributed by atoms with Crippen molar-refractivity contribution in [1.82, 2.24) is 0 Å². The number of thioether (sulfide) groups is 1. The Balaban J connectivity index is 2.41. The van der Waals surface area contributed by atoms with Crippen molar-refractivity contribution in [1.29, 1.82) is 0 Å². The van der Waals surface area contributed by atoms with E-state index in [1.165, 1.54) is 0 Å². The standard InChI is InChI=1S/C11H17NO3S/c1-14-10-8-9(12)2-3-11(10)16-7-6-15-5-4-13/h2-3,8,13H,4-7,12H2,1H3. The van der Waals surface area contributed by atoms with Crippen molar-refractivity contribution in [2.45, 2.75) is 4.90 Å². The first-order chi connectivity index (χ1) is 7.77. The van der Waals surface area contributed by atoms with Gasteiger partial charge in [0.1, 0.15) is 5.75 Å². The summed E-state index contributed by atoms with van der Waals surface area (Å²) in [6.45, 7) is 1.06. The summed E-state index contributed by atoms with van der Waals surface area (Å²) in [4.78, 5) is 1.05. The summed E-state index contributed by atoms with van der Waals surface area (Å²) in [5.41, 5.74) is 6.35. The van der Waals surface area contributed by atoms with E-state index in [0.717, 1.165) is 16.4 Å². The van der Waals surface area contributed by atoms with Gasteiger partial charge in [-0.15, -0.1) is 11.8 Å². The zero-order valence-corrected chi connectivity index (χ0v) is 10.1. The van der Waals surface area contributed by atoms with Crippen LogP contribution in [0.25, 0.3) is 0 Å². The lowest BCUT2D eigenvalue weighted by Gasteiger charge is -2.08. The molecule has 1 aromatic rings. The van der Waals surface area contributed by atoms with E-state index in [1.54, 1.807) is 24.9 Å². The molecule has 0 bridgehead atoms. The Morgan fingerprint density at radius 2 is 2.19 bits per heavy atom. The number of hydrogen-bond acceptors (Lipinski definition) is 5. The summed E-state index contributed by atoms with van der Waals surface area (Å²) in [6.07, 6.45) is 0. The van der Waals surface area contributed by atoms with E-state index in [2.05, 4.69) is 0 Å². The monoisotopic (exact) mass is 243 g/mol. The summed E-state index contributed by atoms with van der Waals surface area (Å²) >= 11 is 1.64. The van der Waals surface area contributed by atoms with Crippen molar-refractivity contribution in [2.75, 3.05) is 38.4 Å². The maximum Gasteiger partial charge on any atom is 0.134 e. The summed E-state index contributed by atoms with van der Waals surface area (Å²) in [7, 11) is 1.63. The van der Waals surface area contributed by atoms with Gasteiger partial charge in [-0.25, -0.2) is 0 Å². The first-order valence-electron chi connectivity index (χ1n) is 5.03. The number of ether oxygens (including phenoxy) is 2. The second kappa shape index (κ2) is 7.38. The maximum atomic E-state index is 8.53. The normalized spacial score (nSPS) is 10.4. The van der Waals surface area contributed by atoms with Gasteiger partial charge in [0.2, 0.25) is 0 Å². The fourth-order valence-electron chi connectivity index (χ4n) is 1.18. The molecule has 16 heavy (non-hydrogen) atoms. The molecular weight excluding hydrogens is 226 g/mol. The first-order valence-corrected chi connectivity index (χ1v) is 6.01. The van der Waals surface area contributed by atoms with Gasteiger partial charge in [0, 0.05) is 22.4 Å². The second-order valence-corrected chi connectivity index (χ2v) is 4.23. The maximum absolute atomic E-state index is 8.53. The molecule has 0 fully saturated rings. The van der Waals surface area contributed by atoms with Crippen LogP contribution in [0.4, 0.5) is 5.69 Å². The highest BCUT2D eigenvalue weighted by atomic mass is 32.2. The van der Waals surface area contributed by atoms with Gasteiger partial charge in [-0.2, -0.15) is 0 Å². The number of nitrogens with two attached hydrogens (primary N) is 1. The molecule has 0 spiro atoms. The molecular formula is C11H17NO3S. The van der Waals surface area contributed by atoms with Gasteiger partial charge in [0.05, 0.1) is 26.9 Å². The van der Waals surface area contributed by atoms with E-state index in [-0.39, 0.29) is 6.61 Å². The minimum absolute atomic E-state index is 0.0653. The topological polar surface area (TPSA) is 64.7 Å². The van der Waals surface area contributed by atoms with Crippen molar-refractivity contribution in [3.05, 3.63) is 18.2 Å². The van der Waals surface area contributed by atoms with E-state index in [9.17, 15) is 0 Å². The predicted molar refractivity (Wildman–Crippen MR) is 66.0 cm³/mol. The van der Waals surface area contributed by atoms with Gasteiger partial charge < -0.3 is 20.3 Å². The first kappa shape index (κ1) is 13.2. The number of hydrogen-bond donors (Lipinski definition) is 2. The van der Waals surface area contributed by atoms with Gasteiger partial charge in [0.15, 0.2) is 0 Å². The number of benzene rings is 1. The summed E-state index contributed by atoms with van der Waals surface area (Å²) < 4.78 is 10.4. The van der Waals surface area contributed by atoms with E-state index in [4.69, 9.17) is 20.3 Å². The number of nitrogen functional groups attached to an aromatic ring is 1. The molecule has 4 nitrogen and oxygen atoms in total. The Hall–Kier alpha value is -0.910. The van der Waals surface area contributed by atoms with Crippen LogP contribution < -0.4 is 10.5 Å². The van der Waals surface area contributed by atoms with Crippen molar-refractivity contribution in [2.24, 2.45) is 0 Å². The molecule has 0 saturated heterocycles. The van der Waals surface area contributed by atoms with Crippen LogP contribution in [0.3, 0.4) is 0 Å². The van der Waals surface area contributed by atoms with Crippen LogP contribution in [0.15, 0.2) is 23.1 Å². The fourth-order valence-corrected chi connectivity index (χ4v) is 2.05. The molecule has 1 rings (SSSR count). The minimum Gasteiger partial charge on any atom is -0.496 e. The Kier molecular flexibility index (Phi) is 6.07. The van der Waals surface area contributed by atoms with Crippen molar-refractivity contribution in [3.63, 3.8) is 0 Å². The molecule has 0 amide bonds. The quantitative estimate of drug-likeness (QED) is 0.430. The second-order valence-electron chi connectivity index (χ2n) is 3.09. The van der Waals surface area contributed by atoms with E-state index in [1.807, 2.05) is 12.1 Å². The number of methoxy groups -OCH3 is 1. The van der Waals surface area contributed by atoms with Crippen LogP contribution in [0.5, 0.6) is 5.75 Å².